The number of carbonyl (C=O) groups excluding carboxylic acids is 2. The zero-order chi connectivity index (χ0) is 43.3. The van der Waals surface area contributed by atoms with E-state index in [1.807, 2.05) is 0 Å². The van der Waals surface area contributed by atoms with E-state index in [0.717, 1.165) is 70.6 Å². The first-order valence-corrected chi connectivity index (χ1v) is 22.1. The maximum absolute atomic E-state index is 12.8. The summed E-state index contributed by atoms with van der Waals surface area (Å²) in [5, 5.41) is 71.7. The Hall–Kier alpha value is -2.28. The molecule has 2 aliphatic rings. The van der Waals surface area contributed by atoms with Crippen molar-refractivity contribution in [3.63, 3.8) is 0 Å². The van der Waals surface area contributed by atoms with Gasteiger partial charge in [0.15, 0.2) is 18.7 Å². The highest BCUT2D eigenvalue weighted by Crippen LogP contribution is 2.26. The number of rotatable bonds is 32. The van der Waals surface area contributed by atoms with Crippen molar-refractivity contribution in [3.8, 4) is 0 Å². The van der Waals surface area contributed by atoms with Crippen LogP contribution >= 0.6 is 0 Å². The van der Waals surface area contributed by atoms with E-state index < -0.39 is 92.7 Å². The van der Waals surface area contributed by atoms with Crippen LogP contribution in [-0.2, 0) is 38.0 Å². The summed E-state index contributed by atoms with van der Waals surface area (Å²) in [6.45, 7) is 2.39. The summed E-state index contributed by atoms with van der Waals surface area (Å²) in [5.41, 5.74) is 0. The molecular weight excluding hydrogens is 768 g/mol. The molecule has 15 heteroatoms. The molecule has 0 bridgehead atoms. The number of allylic oxidation sites excluding steroid dienone is 6. The van der Waals surface area contributed by atoms with Gasteiger partial charge in [0.2, 0.25) is 0 Å². The first-order chi connectivity index (χ1) is 28.5. The molecule has 15 nitrogen and oxygen atoms in total. The van der Waals surface area contributed by atoms with Crippen molar-refractivity contribution in [2.24, 2.45) is 0 Å². The van der Waals surface area contributed by atoms with Crippen molar-refractivity contribution < 1.29 is 73.8 Å². The van der Waals surface area contributed by atoms with E-state index in [0.29, 0.717) is 12.8 Å². The fraction of sp³-hybridized carbons (Fsp3) is 0.818. The van der Waals surface area contributed by atoms with Gasteiger partial charge in [0, 0.05) is 12.8 Å². The normalized spacial score (nSPS) is 28.2. The van der Waals surface area contributed by atoms with Gasteiger partial charge in [-0.1, -0.05) is 115 Å². The first kappa shape index (κ1) is 52.9. The molecule has 0 spiro atoms. The van der Waals surface area contributed by atoms with Crippen LogP contribution in [0.3, 0.4) is 0 Å². The highest BCUT2D eigenvalue weighted by Gasteiger charge is 2.47. The fourth-order valence-electron chi connectivity index (χ4n) is 6.70. The van der Waals surface area contributed by atoms with Crippen LogP contribution in [0.5, 0.6) is 0 Å². The minimum atomic E-state index is -1.76. The average molecular weight is 845 g/mol. The van der Waals surface area contributed by atoms with Crippen molar-refractivity contribution in [2.45, 2.75) is 203 Å². The molecular formula is C44H76O15. The van der Waals surface area contributed by atoms with E-state index in [-0.39, 0.29) is 26.1 Å². The van der Waals surface area contributed by atoms with Crippen LogP contribution in [0.25, 0.3) is 0 Å². The molecule has 11 atom stereocenters. The van der Waals surface area contributed by atoms with Gasteiger partial charge in [-0.3, -0.25) is 9.59 Å². The molecule has 342 valence electrons. The molecule has 7 N–H and O–H groups in total. The summed E-state index contributed by atoms with van der Waals surface area (Å²) in [6.07, 6.45) is 13.5. The largest absolute Gasteiger partial charge is 0.462 e. The third-order valence-corrected chi connectivity index (χ3v) is 10.4. The van der Waals surface area contributed by atoms with Crippen molar-refractivity contribution in [3.05, 3.63) is 36.5 Å². The number of hydrogen-bond donors (Lipinski definition) is 7. The van der Waals surface area contributed by atoms with E-state index in [1.54, 1.807) is 0 Å². The molecule has 0 aromatic heterocycles. The first-order valence-electron chi connectivity index (χ1n) is 22.1. The van der Waals surface area contributed by atoms with Crippen molar-refractivity contribution in [1.82, 2.24) is 0 Å². The zero-order valence-electron chi connectivity index (χ0n) is 35.5. The SMILES string of the molecule is CC/C=C/C/C=C/C/C=C/CCCCCCCC(=O)OC[C@H](CO[C@@H]1O[C@H](CO[C@@H]2O[C@H](CO)[C@H](O)C(O)C2O)[C@H](O)C(O)C1O)OC(=O)CCCCCCCCCC. The lowest BCUT2D eigenvalue weighted by Crippen LogP contribution is -2.61. The summed E-state index contributed by atoms with van der Waals surface area (Å²) in [7, 11) is 0. The Balaban J connectivity index is 1.85. The number of unbranched alkanes of at least 4 members (excludes halogenated alkanes) is 12. The summed E-state index contributed by atoms with van der Waals surface area (Å²) < 4.78 is 33.3. The molecule has 59 heavy (non-hydrogen) atoms. The fourth-order valence-corrected chi connectivity index (χ4v) is 6.70. The summed E-state index contributed by atoms with van der Waals surface area (Å²) in [4.78, 5) is 25.5. The van der Waals surface area contributed by atoms with Crippen LogP contribution in [0, 0.1) is 0 Å². The van der Waals surface area contributed by atoms with Gasteiger partial charge in [-0.25, -0.2) is 0 Å². The molecule has 2 heterocycles. The molecule has 0 saturated carbocycles. The van der Waals surface area contributed by atoms with Crippen LogP contribution in [0.1, 0.15) is 136 Å². The van der Waals surface area contributed by atoms with E-state index in [1.165, 1.54) is 25.7 Å². The van der Waals surface area contributed by atoms with E-state index in [9.17, 15) is 45.3 Å². The smallest absolute Gasteiger partial charge is 0.306 e. The summed E-state index contributed by atoms with van der Waals surface area (Å²) in [6, 6.07) is 0. The minimum absolute atomic E-state index is 0.161. The van der Waals surface area contributed by atoms with Gasteiger partial charge in [-0.2, -0.15) is 0 Å². The van der Waals surface area contributed by atoms with Gasteiger partial charge in [0.1, 0.15) is 55.4 Å². The predicted octanol–water partition coefficient (Wildman–Crippen LogP) is 4.20. The molecule has 0 amide bonds. The number of carbonyl (C=O) groups is 2. The number of aliphatic hydroxyl groups is 7. The molecule has 2 fully saturated rings. The molecule has 0 aromatic carbocycles. The minimum Gasteiger partial charge on any atom is -0.462 e. The number of hydrogen-bond acceptors (Lipinski definition) is 15. The van der Waals surface area contributed by atoms with E-state index in [2.05, 4.69) is 50.3 Å². The third kappa shape index (κ3) is 21.9. The van der Waals surface area contributed by atoms with Crippen molar-refractivity contribution in [1.29, 1.82) is 0 Å². The number of esters is 2. The molecule has 2 saturated heterocycles. The molecule has 0 aromatic rings. The molecule has 0 aliphatic carbocycles. The Morgan fingerprint density at radius 3 is 1.68 bits per heavy atom. The lowest BCUT2D eigenvalue weighted by molar-refractivity contribution is -0.332. The van der Waals surface area contributed by atoms with E-state index >= 15 is 0 Å². The molecule has 0 radical (unpaired) electrons. The van der Waals surface area contributed by atoms with Crippen molar-refractivity contribution in [2.75, 3.05) is 26.4 Å². The van der Waals surface area contributed by atoms with Gasteiger partial charge < -0.3 is 64.2 Å². The molecule has 4 unspecified atom stereocenters. The van der Waals surface area contributed by atoms with Gasteiger partial charge in [-0.05, 0) is 44.9 Å². The zero-order valence-corrected chi connectivity index (χ0v) is 35.5. The second kappa shape index (κ2) is 32.4. The quantitative estimate of drug-likeness (QED) is 0.0286. The maximum Gasteiger partial charge on any atom is 0.306 e. The monoisotopic (exact) mass is 845 g/mol. The molecule has 2 aliphatic heterocycles. The lowest BCUT2D eigenvalue weighted by atomic mass is 9.98. The number of aliphatic hydroxyl groups excluding tert-OH is 7. The Morgan fingerprint density at radius 1 is 0.559 bits per heavy atom. The Bertz CT molecular complexity index is 1180. The van der Waals surface area contributed by atoms with Crippen LogP contribution in [0.2, 0.25) is 0 Å². The Labute approximate surface area is 351 Å². The standard InChI is InChI=1S/C44H76O15/c1-3-5-7-9-11-13-14-15-16-17-18-19-21-22-24-26-35(46)54-29-32(57-36(47)27-25-23-20-12-10-8-6-4-2)30-55-43-42(53)40(51)38(49)34(59-43)31-56-44-41(52)39(50)37(48)33(28-45)58-44/h5,7,11,13,15-16,32-34,37-45,48-53H,3-4,6,8-10,12,14,17-31H2,1-2H3/b7-5+,13-11+,16-15+/t32-,33-,34-,37+,38+,39?,40?,41?,42?,43-,44-/m1/s1. The van der Waals surface area contributed by atoms with Gasteiger partial charge >= 0.3 is 11.9 Å². The van der Waals surface area contributed by atoms with Gasteiger partial charge in [0.05, 0.1) is 19.8 Å². The van der Waals surface area contributed by atoms with Crippen LogP contribution < -0.4 is 0 Å². The molecule has 2 rings (SSSR count). The van der Waals surface area contributed by atoms with Crippen LogP contribution in [-0.4, -0.2) is 142 Å². The number of ether oxygens (including phenoxy) is 6. The topological polar surface area (TPSA) is 231 Å². The van der Waals surface area contributed by atoms with Gasteiger partial charge in [0.25, 0.3) is 0 Å². The summed E-state index contributed by atoms with van der Waals surface area (Å²) in [5.74, 6) is -0.952. The highest BCUT2D eigenvalue weighted by molar-refractivity contribution is 5.70. The average Bonchev–Trinajstić information content (AvgIpc) is 3.23. The maximum atomic E-state index is 12.8. The highest BCUT2D eigenvalue weighted by atomic mass is 16.7. The second-order valence-electron chi connectivity index (χ2n) is 15.5. The predicted molar refractivity (Wildman–Crippen MR) is 220 cm³/mol. The Morgan fingerprint density at radius 2 is 1.07 bits per heavy atom. The third-order valence-electron chi connectivity index (χ3n) is 10.4. The van der Waals surface area contributed by atoms with Crippen LogP contribution in [0.4, 0.5) is 0 Å². The lowest BCUT2D eigenvalue weighted by Gasteiger charge is -2.42. The Kier molecular flexibility index (Phi) is 29.1. The second-order valence-corrected chi connectivity index (χ2v) is 15.5. The van der Waals surface area contributed by atoms with Crippen molar-refractivity contribution >= 4 is 11.9 Å². The van der Waals surface area contributed by atoms with E-state index in [4.69, 9.17) is 28.4 Å². The van der Waals surface area contributed by atoms with Gasteiger partial charge in [-0.15, -0.1) is 0 Å². The van der Waals surface area contributed by atoms with Crippen LogP contribution in [0.15, 0.2) is 36.5 Å². The summed E-state index contributed by atoms with van der Waals surface area (Å²) >= 11 is 0.